The Bertz CT molecular complexity index is 404. The Labute approximate surface area is 116 Å². The summed E-state index contributed by atoms with van der Waals surface area (Å²) in [5.41, 5.74) is 7.67. The predicted octanol–water partition coefficient (Wildman–Crippen LogP) is 2.06. The number of rotatable bonds is 7. The van der Waals surface area contributed by atoms with Gasteiger partial charge < -0.3 is 16.0 Å². The Balaban J connectivity index is 2.68. The van der Waals surface area contributed by atoms with E-state index in [0.29, 0.717) is 6.54 Å². The summed E-state index contributed by atoms with van der Waals surface area (Å²) >= 11 is 0. The summed E-state index contributed by atoms with van der Waals surface area (Å²) in [4.78, 5) is 14.2. The second-order valence-corrected chi connectivity index (χ2v) is 5.15. The van der Waals surface area contributed by atoms with Crippen molar-refractivity contribution < 1.29 is 4.79 Å². The molecule has 1 aromatic carbocycles. The summed E-state index contributed by atoms with van der Waals surface area (Å²) in [5.74, 6) is -0.0751. The molecular formula is C15H25N3O. The van der Waals surface area contributed by atoms with E-state index < -0.39 is 0 Å². The highest BCUT2D eigenvalue weighted by Crippen LogP contribution is 2.14. The van der Waals surface area contributed by atoms with Crippen molar-refractivity contribution in [2.75, 3.05) is 26.0 Å². The second kappa shape index (κ2) is 7.92. The average molecular weight is 263 g/mol. The van der Waals surface area contributed by atoms with Crippen LogP contribution in [0.1, 0.15) is 25.3 Å². The fourth-order valence-corrected chi connectivity index (χ4v) is 2.06. The van der Waals surface area contributed by atoms with E-state index >= 15 is 0 Å². The number of carbonyl (C=O) groups excluding carboxylic acids is 1. The van der Waals surface area contributed by atoms with Gasteiger partial charge in [-0.3, -0.25) is 4.79 Å². The number of hydrogen-bond acceptors (Lipinski definition) is 3. The minimum Gasteiger partial charge on any atom is -0.330 e. The number of amides is 1. The summed E-state index contributed by atoms with van der Waals surface area (Å²) in [6.45, 7) is 3.32. The summed E-state index contributed by atoms with van der Waals surface area (Å²) in [6, 6.07) is 7.95. The Morgan fingerprint density at radius 2 is 2.16 bits per heavy atom. The van der Waals surface area contributed by atoms with Crippen LogP contribution in [0.5, 0.6) is 0 Å². The highest BCUT2D eigenvalue weighted by Gasteiger charge is 2.15. The molecule has 1 rings (SSSR count). The van der Waals surface area contributed by atoms with Crippen LogP contribution in [-0.4, -0.2) is 31.4 Å². The Kier molecular flexibility index (Phi) is 6.53. The molecule has 1 atom stereocenters. The van der Waals surface area contributed by atoms with Gasteiger partial charge in [-0.25, -0.2) is 0 Å². The van der Waals surface area contributed by atoms with Gasteiger partial charge in [0.2, 0.25) is 5.91 Å². The third kappa shape index (κ3) is 5.41. The number of nitrogens with two attached hydrogens (primary N) is 1. The molecule has 1 unspecified atom stereocenters. The van der Waals surface area contributed by atoms with Gasteiger partial charge in [0.1, 0.15) is 0 Å². The molecule has 0 spiro atoms. The van der Waals surface area contributed by atoms with E-state index in [0.717, 1.165) is 25.1 Å². The number of carbonyl (C=O) groups is 1. The molecule has 0 saturated carbocycles. The fourth-order valence-electron chi connectivity index (χ4n) is 2.06. The van der Waals surface area contributed by atoms with E-state index in [1.165, 1.54) is 5.56 Å². The lowest BCUT2D eigenvalue weighted by Gasteiger charge is -2.15. The van der Waals surface area contributed by atoms with Crippen LogP contribution in [0, 0.1) is 5.92 Å². The SMILES string of the molecule is CCCC(CN)C(=O)Nc1cccc(CN(C)C)c1. The third-order valence-electron chi connectivity index (χ3n) is 2.99. The molecule has 0 saturated heterocycles. The van der Waals surface area contributed by atoms with Gasteiger partial charge in [0.05, 0.1) is 5.92 Å². The first kappa shape index (κ1) is 15.7. The molecule has 0 aliphatic carbocycles. The highest BCUT2D eigenvalue weighted by atomic mass is 16.1. The summed E-state index contributed by atoms with van der Waals surface area (Å²) < 4.78 is 0. The van der Waals surface area contributed by atoms with Gasteiger partial charge in [0, 0.05) is 18.8 Å². The predicted molar refractivity (Wildman–Crippen MR) is 79.9 cm³/mol. The van der Waals surface area contributed by atoms with Crippen LogP contribution in [0.25, 0.3) is 0 Å². The molecule has 0 aliphatic rings. The largest absolute Gasteiger partial charge is 0.330 e. The standard InChI is InChI=1S/C15H25N3O/c1-4-6-13(10-16)15(19)17-14-8-5-7-12(9-14)11-18(2)3/h5,7-9,13H,4,6,10-11,16H2,1-3H3,(H,17,19). The van der Waals surface area contributed by atoms with Crippen LogP contribution >= 0.6 is 0 Å². The number of hydrogen-bond donors (Lipinski definition) is 2. The van der Waals surface area contributed by atoms with Crippen LogP contribution in [-0.2, 0) is 11.3 Å². The Hall–Kier alpha value is -1.39. The summed E-state index contributed by atoms with van der Waals surface area (Å²) in [6.07, 6.45) is 1.80. The van der Waals surface area contributed by atoms with Crippen LogP contribution in [0.4, 0.5) is 5.69 Å². The van der Waals surface area contributed by atoms with Crippen LogP contribution in [0.15, 0.2) is 24.3 Å². The molecule has 19 heavy (non-hydrogen) atoms. The van der Waals surface area contributed by atoms with E-state index in [1.807, 2.05) is 32.3 Å². The van der Waals surface area contributed by atoms with Crippen molar-refractivity contribution in [1.82, 2.24) is 4.90 Å². The number of benzene rings is 1. The van der Waals surface area contributed by atoms with Crippen molar-refractivity contribution in [2.45, 2.75) is 26.3 Å². The molecule has 3 N–H and O–H groups in total. The minimum absolute atomic E-state index is 0.0198. The first-order valence-corrected chi connectivity index (χ1v) is 6.81. The topological polar surface area (TPSA) is 58.4 Å². The molecule has 1 amide bonds. The van der Waals surface area contributed by atoms with Gasteiger partial charge in [0.25, 0.3) is 0 Å². The van der Waals surface area contributed by atoms with E-state index in [4.69, 9.17) is 5.73 Å². The van der Waals surface area contributed by atoms with Crippen LogP contribution < -0.4 is 11.1 Å². The molecule has 0 aliphatic heterocycles. The van der Waals surface area contributed by atoms with Gasteiger partial charge in [0.15, 0.2) is 0 Å². The fraction of sp³-hybridized carbons (Fsp3) is 0.533. The molecule has 1 aromatic rings. The van der Waals surface area contributed by atoms with E-state index in [2.05, 4.69) is 23.2 Å². The Morgan fingerprint density at radius 3 is 2.74 bits per heavy atom. The molecule has 106 valence electrons. The first-order valence-electron chi connectivity index (χ1n) is 6.81. The van der Waals surface area contributed by atoms with E-state index in [9.17, 15) is 4.79 Å². The molecule has 0 aromatic heterocycles. The molecule has 4 nitrogen and oxygen atoms in total. The number of anilines is 1. The number of nitrogens with zero attached hydrogens (tertiary/aromatic N) is 1. The van der Waals surface area contributed by atoms with Gasteiger partial charge in [-0.15, -0.1) is 0 Å². The van der Waals surface area contributed by atoms with Gasteiger partial charge in [-0.05, 0) is 38.2 Å². The minimum atomic E-state index is -0.0949. The molecule has 0 bridgehead atoms. The third-order valence-corrected chi connectivity index (χ3v) is 2.99. The summed E-state index contributed by atoms with van der Waals surface area (Å²) in [7, 11) is 4.05. The maximum absolute atomic E-state index is 12.1. The van der Waals surface area contributed by atoms with Crippen molar-refractivity contribution in [2.24, 2.45) is 11.7 Å². The lowest BCUT2D eigenvalue weighted by Crippen LogP contribution is -2.29. The highest BCUT2D eigenvalue weighted by molar-refractivity contribution is 5.92. The zero-order chi connectivity index (χ0) is 14.3. The van der Waals surface area contributed by atoms with Gasteiger partial charge in [-0.2, -0.15) is 0 Å². The smallest absolute Gasteiger partial charge is 0.228 e. The first-order chi connectivity index (χ1) is 9.06. The molecular weight excluding hydrogens is 238 g/mol. The number of nitrogens with one attached hydrogen (secondary N) is 1. The average Bonchev–Trinajstić information content (AvgIpc) is 2.35. The quantitative estimate of drug-likeness (QED) is 0.791. The molecule has 0 fully saturated rings. The second-order valence-electron chi connectivity index (χ2n) is 5.15. The van der Waals surface area contributed by atoms with Crippen molar-refractivity contribution in [3.8, 4) is 0 Å². The lowest BCUT2D eigenvalue weighted by atomic mass is 10.0. The zero-order valence-corrected chi connectivity index (χ0v) is 12.1. The molecule has 0 radical (unpaired) electrons. The summed E-state index contributed by atoms with van der Waals surface area (Å²) in [5, 5.41) is 2.95. The van der Waals surface area contributed by atoms with Crippen molar-refractivity contribution in [3.05, 3.63) is 29.8 Å². The lowest BCUT2D eigenvalue weighted by molar-refractivity contribution is -0.119. The normalized spacial score (nSPS) is 12.5. The van der Waals surface area contributed by atoms with Crippen LogP contribution in [0.3, 0.4) is 0 Å². The van der Waals surface area contributed by atoms with Gasteiger partial charge in [-0.1, -0.05) is 25.5 Å². The van der Waals surface area contributed by atoms with E-state index in [1.54, 1.807) is 0 Å². The molecule has 0 heterocycles. The van der Waals surface area contributed by atoms with Crippen LogP contribution in [0.2, 0.25) is 0 Å². The zero-order valence-electron chi connectivity index (χ0n) is 12.1. The van der Waals surface area contributed by atoms with Crippen molar-refractivity contribution in [1.29, 1.82) is 0 Å². The molecule has 4 heteroatoms. The maximum atomic E-state index is 12.1. The van der Waals surface area contributed by atoms with Gasteiger partial charge >= 0.3 is 0 Å². The van der Waals surface area contributed by atoms with E-state index in [-0.39, 0.29) is 11.8 Å². The monoisotopic (exact) mass is 263 g/mol. The Morgan fingerprint density at radius 1 is 1.42 bits per heavy atom. The maximum Gasteiger partial charge on any atom is 0.228 e. The van der Waals surface area contributed by atoms with Crippen molar-refractivity contribution >= 4 is 11.6 Å². The van der Waals surface area contributed by atoms with Crippen molar-refractivity contribution in [3.63, 3.8) is 0 Å².